The molecule has 1 amide bonds. The zero-order chi connectivity index (χ0) is 18.6. The maximum Gasteiger partial charge on any atom is 0.262 e. The molecule has 0 aliphatic rings. The average Bonchev–Trinajstić information content (AvgIpc) is 2.54. The molecule has 0 saturated heterocycles. The van der Waals surface area contributed by atoms with E-state index in [9.17, 15) is 13.2 Å². The number of benzene rings is 2. The highest BCUT2D eigenvalue weighted by atomic mass is 79.9. The smallest absolute Gasteiger partial charge is 0.262 e. The van der Waals surface area contributed by atoms with Crippen LogP contribution in [0.1, 0.15) is 0 Å². The van der Waals surface area contributed by atoms with Gasteiger partial charge < -0.3 is 10.1 Å². The molecule has 0 bridgehead atoms. The Morgan fingerprint density at radius 1 is 1.24 bits per heavy atom. The van der Waals surface area contributed by atoms with Gasteiger partial charge in [-0.3, -0.25) is 4.79 Å². The molecule has 6 nitrogen and oxygen atoms in total. The fourth-order valence-electron chi connectivity index (χ4n) is 1.88. The van der Waals surface area contributed by atoms with Crippen molar-refractivity contribution >= 4 is 49.1 Å². The molecule has 0 radical (unpaired) electrons. The van der Waals surface area contributed by atoms with Crippen molar-refractivity contribution in [3.05, 3.63) is 52.0 Å². The van der Waals surface area contributed by atoms with Gasteiger partial charge in [0.05, 0.1) is 9.92 Å². The molecule has 1 N–H and O–H groups in total. The topological polar surface area (TPSA) is 75.7 Å². The lowest BCUT2D eigenvalue weighted by molar-refractivity contribution is -0.118. The number of carbonyl (C=O) groups excluding carboxylic acids is 1. The van der Waals surface area contributed by atoms with Crippen molar-refractivity contribution in [2.75, 3.05) is 26.0 Å². The van der Waals surface area contributed by atoms with E-state index in [1.165, 1.54) is 26.2 Å². The summed E-state index contributed by atoms with van der Waals surface area (Å²) < 4.78 is 31.5. The minimum absolute atomic E-state index is 0.0900. The van der Waals surface area contributed by atoms with Gasteiger partial charge in [0.2, 0.25) is 10.0 Å². The summed E-state index contributed by atoms with van der Waals surface area (Å²) in [6, 6.07) is 11.0. The molecule has 2 aromatic rings. The van der Waals surface area contributed by atoms with Gasteiger partial charge >= 0.3 is 0 Å². The second kappa shape index (κ2) is 8.18. The van der Waals surface area contributed by atoms with Crippen molar-refractivity contribution in [2.45, 2.75) is 4.90 Å². The average molecular weight is 448 g/mol. The van der Waals surface area contributed by atoms with Gasteiger partial charge in [-0.05, 0) is 36.4 Å². The number of hydrogen-bond acceptors (Lipinski definition) is 4. The number of rotatable bonds is 6. The van der Waals surface area contributed by atoms with E-state index >= 15 is 0 Å². The van der Waals surface area contributed by atoms with Crippen molar-refractivity contribution in [3.8, 4) is 5.75 Å². The molecule has 0 spiro atoms. The van der Waals surface area contributed by atoms with Crippen molar-refractivity contribution < 1.29 is 17.9 Å². The zero-order valence-electron chi connectivity index (χ0n) is 13.5. The lowest BCUT2D eigenvalue weighted by atomic mass is 10.3. The summed E-state index contributed by atoms with van der Waals surface area (Å²) in [6.45, 7) is -0.258. The van der Waals surface area contributed by atoms with E-state index in [1.807, 2.05) is 0 Å². The first kappa shape index (κ1) is 19.7. The number of halogens is 2. The Kier molecular flexibility index (Phi) is 6.45. The molecule has 0 saturated carbocycles. The van der Waals surface area contributed by atoms with Gasteiger partial charge in [0.1, 0.15) is 5.75 Å². The summed E-state index contributed by atoms with van der Waals surface area (Å²) in [4.78, 5) is 12.1. The molecular formula is C16H16BrClN2O4S. The first-order chi connectivity index (χ1) is 11.7. The Bertz CT molecular complexity index is 887. The number of hydrogen-bond donors (Lipinski definition) is 1. The number of ether oxygens (including phenoxy) is 1. The molecule has 0 aromatic heterocycles. The van der Waals surface area contributed by atoms with E-state index in [4.69, 9.17) is 16.3 Å². The fourth-order valence-corrected chi connectivity index (χ4v) is 3.55. The molecule has 9 heteroatoms. The molecule has 0 heterocycles. The first-order valence-corrected chi connectivity index (χ1v) is 9.71. The van der Waals surface area contributed by atoms with Crippen molar-refractivity contribution in [2.24, 2.45) is 0 Å². The monoisotopic (exact) mass is 446 g/mol. The van der Waals surface area contributed by atoms with Gasteiger partial charge in [0.25, 0.3) is 5.91 Å². The Morgan fingerprint density at radius 2 is 1.96 bits per heavy atom. The highest BCUT2D eigenvalue weighted by molar-refractivity contribution is 9.10. The number of nitrogens with one attached hydrogen (secondary N) is 1. The molecule has 25 heavy (non-hydrogen) atoms. The SMILES string of the molecule is CN(C)S(=O)(=O)c1cccc(NC(=O)COc2ccc(Br)cc2Cl)c1. The third-order valence-corrected chi connectivity index (χ3v) is 5.75. The van der Waals surface area contributed by atoms with E-state index in [2.05, 4.69) is 21.2 Å². The number of nitrogens with zero attached hydrogens (tertiary/aromatic N) is 1. The molecule has 0 aliphatic carbocycles. The highest BCUT2D eigenvalue weighted by Crippen LogP contribution is 2.27. The molecule has 0 aliphatic heterocycles. The number of anilines is 1. The molecular weight excluding hydrogens is 432 g/mol. The number of amides is 1. The van der Waals surface area contributed by atoms with Crippen LogP contribution in [0, 0.1) is 0 Å². The maximum absolute atomic E-state index is 12.1. The van der Waals surface area contributed by atoms with Gasteiger partial charge in [0, 0.05) is 24.3 Å². The summed E-state index contributed by atoms with van der Waals surface area (Å²) in [5, 5.41) is 2.97. The number of carbonyl (C=O) groups is 1. The quantitative estimate of drug-likeness (QED) is 0.737. The molecule has 2 aromatic carbocycles. The van der Waals surface area contributed by atoms with Gasteiger partial charge in [0.15, 0.2) is 6.61 Å². The minimum atomic E-state index is -3.57. The molecule has 2 rings (SSSR count). The van der Waals surface area contributed by atoms with E-state index in [-0.39, 0.29) is 11.5 Å². The second-order valence-corrected chi connectivity index (χ2v) is 8.70. The largest absolute Gasteiger partial charge is 0.482 e. The summed E-state index contributed by atoms with van der Waals surface area (Å²) in [5.74, 6) is -0.0534. The van der Waals surface area contributed by atoms with Crippen LogP contribution < -0.4 is 10.1 Å². The van der Waals surface area contributed by atoms with Crippen molar-refractivity contribution in [3.63, 3.8) is 0 Å². The predicted octanol–water partition coefficient (Wildman–Crippen LogP) is 3.37. The van der Waals surface area contributed by atoms with Crippen molar-refractivity contribution in [1.82, 2.24) is 4.31 Å². The van der Waals surface area contributed by atoms with Crippen molar-refractivity contribution in [1.29, 1.82) is 0 Å². The Labute approximate surface area is 159 Å². The van der Waals surface area contributed by atoms with Crippen LogP contribution in [0.3, 0.4) is 0 Å². The van der Waals surface area contributed by atoms with E-state index < -0.39 is 15.9 Å². The summed E-state index contributed by atoms with van der Waals surface area (Å²) in [5.41, 5.74) is 0.360. The molecule has 0 fully saturated rings. The van der Waals surface area contributed by atoms with Gasteiger partial charge in [-0.25, -0.2) is 12.7 Å². The number of sulfonamides is 1. The molecule has 134 valence electrons. The van der Waals surface area contributed by atoms with E-state index in [1.54, 1.807) is 30.3 Å². The fraction of sp³-hybridized carbons (Fsp3) is 0.188. The summed E-state index contributed by atoms with van der Waals surface area (Å²) in [6.07, 6.45) is 0. The maximum atomic E-state index is 12.1. The van der Waals surface area contributed by atoms with Gasteiger partial charge in [-0.1, -0.05) is 33.6 Å². The second-order valence-electron chi connectivity index (χ2n) is 5.23. The summed E-state index contributed by atoms with van der Waals surface area (Å²) in [7, 11) is -0.690. The normalized spacial score (nSPS) is 11.4. The predicted molar refractivity (Wildman–Crippen MR) is 101 cm³/mol. The van der Waals surface area contributed by atoms with Crippen LogP contribution in [0.4, 0.5) is 5.69 Å². The Morgan fingerprint density at radius 3 is 2.60 bits per heavy atom. The van der Waals surface area contributed by atoms with Crippen LogP contribution >= 0.6 is 27.5 Å². The van der Waals surface area contributed by atoms with E-state index in [0.717, 1.165) is 8.78 Å². The highest BCUT2D eigenvalue weighted by Gasteiger charge is 2.17. The van der Waals surface area contributed by atoms with Gasteiger partial charge in [-0.2, -0.15) is 0 Å². The minimum Gasteiger partial charge on any atom is -0.482 e. The third-order valence-electron chi connectivity index (χ3n) is 3.15. The standard InChI is InChI=1S/C16H16BrClN2O4S/c1-20(2)25(22,23)13-5-3-4-12(9-13)19-16(21)10-24-15-7-6-11(17)8-14(15)18/h3-9H,10H2,1-2H3,(H,19,21). The van der Waals surface area contributed by atoms with Crippen LogP contribution in [0.5, 0.6) is 5.75 Å². The van der Waals surface area contributed by atoms with Crippen LogP contribution in [0.15, 0.2) is 51.8 Å². The van der Waals surface area contributed by atoms with Crippen LogP contribution in [-0.4, -0.2) is 39.3 Å². The van der Waals surface area contributed by atoms with Crippen LogP contribution in [-0.2, 0) is 14.8 Å². The van der Waals surface area contributed by atoms with Crippen LogP contribution in [0.2, 0.25) is 5.02 Å². The van der Waals surface area contributed by atoms with Gasteiger partial charge in [-0.15, -0.1) is 0 Å². The third kappa shape index (κ3) is 5.18. The zero-order valence-corrected chi connectivity index (χ0v) is 16.7. The lowest BCUT2D eigenvalue weighted by Gasteiger charge is -2.13. The molecule has 0 atom stereocenters. The van der Waals surface area contributed by atoms with Crippen LogP contribution in [0.25, 0.3) is 0 Å². The summed E-state index contributed by atoms with van der Waals surface area (Å²) >= 11 is 9.30. The van der Waals surface area contributed by atoms with E-state index in [0.29, 0.717) is 16.5 Å². The Hall–Kier alpha value is -1.61. The first-order valence-electron chi connectivity index (χ1n) is 7.10. The Balaban J connectivity index is 2.03. The molecule has 0 unspecified atom stereocenters. The lowest BCUT2D eigenvalue weighted by Crippen LogP contribution is -2.23.